The Hall–Kier alpha value is -2.94. The van der Waals surface area contributed by atoms with Gasteiger partial charge in [0.25, 0.3) is 0 Å². The highest BCUT2D eigenvalue weighted by Gasteiger charge is 2.29. The molecule has 0 saturated carbocycles. The summed E-state index contributed by atoms with van der Waals surface area (Å²) in [6, 6.07) is 4.25. The summed E-state index contributed by atoms with van der Waals surface area (Å²) >= 11 is 0. The number of hydrogen-bond acceptors (Lipinski definition) is 7. The van der Waals surface area contributed by atoms with Crippen LogP contribution < -0.4 is 0 Å². The van der Waals surface area contributed by atoms with Crippen LogP contribution >= 0.6 is 0 Å². The number of nitrogens with zero attached hydrogens (tertiary/aromatic N) is 5. The number of likely N-dealkylation sites (tertiary alicyclic amines) is 1. The van der Waals surface area contributed by atoms with Crippen LogP contribution in [0.5, 0.6) is 0 Å². The van der Waals surface area contributed by atoms with Gasteiger partial charge in [0, 0.05) is 36.7 Å². The number of carbonyl (C=O) groups excluding carboxylic acids is 1. The van der Waals surface area contributed by atoms with Crippen LogP contribution in [0.25, 0.3) is 22.3 Å². The van der Waals surface area contributed by atoms with Gasteiger partial charge in [-0.3, -0.25) is 9.67 Å². The zero-order chi connectivity index (χ0) is 21.6. The minimum Gasteiger partial charge on any atom is -0.444 e. The maximum atomic E-state index is 12.3. The summed E-state index contributed by atoms with van der Waals surface area (Å²) in [4.78, 5) is 18.6. The molecule has 3 aromatic rings. The summed E-state index contributed by atoms with van der Waals surface area (Å²) in [5.74, 6) is 1.06. The molecule has 0 aromatic carbocycles. The van der Waals surface area contributed by atoms with E-state index in [9.17, 15) is 4.79 Å². The summed E-state index contributed by atoms with van der Waals surface area (Å²) in [7, 11) is 0. The van der Waals surface area contributed by atoms with Crippen LogP contribution in [0.3, 0.4) is 0 Å². The van der Waals surface area contributed by atoms with Crippen LogP contribution in [0, 0.1) is 0 Å². The number of ether oxygens (including phenoxy) is 2. The van der Waals surface area contributed by atoms with E-state index in [2.05, 4.69) is 15.2 Å². The van der Waals surface area contributed by atoms with Crippen molar-refractivity contribution in [3.05, 3.63) is 30.3 Å². The van der Waals surface area contributed by atoms with E-state index in [-0.39, 0.29) is 18.1 Å². The topological polar surface area (TPSA) is 95.5 Å². The van der Waals surface area contributed by atoms with Crippen LogP contribution in [0.1, 0.15) is 51.3 Å². The van der Waals surface area contributed by atoms with Crippen molar-refractivity contribution in [2.75, 3.05) is 26.3 Å². The largest absolute Gasteiger partial charge is 0.444 e. The highest BCUT2D eigenvalue weighted by molar-refractivity contribution is 5.81. The second-order valence-corrected chi connectivity index (χ2v) is 9.26. The summed E-state index contributed by atoms with van der Waals surface area (Å²) in [5.41, 5.74) is 2.01. The van der Waals surface area contributed by atoms with Gasteiger partial charge >= 0.3 is 6.09 Å². The van der Waals surface area contributed by atoms with E-state index in [0.29, 0.717) is 32.0 Å². The number of aromatic nitrogens is 4. The van der Waals surface area contributed by atoms with Crippen LogP contribution in [0.15, 0.2) is 29.0 Å². The Labute approximate surface area is 180 Å². The molecule has 5 heterocycles. The Bertz CT molecular complexity index is 1090. The van der Waals surface area contributed by atoms with Crippen molar-refractivity contribution >= 4 is 17.0 Å². The van der Waals surface area contributed by atoms with E-state index in [0.717, 1.165) is 35.2 Å². The molecular weight excluding hydrogens is 398 g/mol. The number of piperidine rings is 1. The van der Waals surface area contributed by atoms with Crippen LogP contribution in [0.4, 0.5) is 4.79 Å². The van der Waals surface area contributed by atoms with Crippen LogP contribution in [-0.2, 0) is 9.47 Å². The number of rotatable bonds is 3. The van der Waals surface area contributed by atoms with Gasteiger partial charge in [0.05, 0.1) is 36.7 Å². The predicted octanol–water partition coefficient (Wildman–Crippen LogP) is 3.77. The van der Waals surface area contributed by atoms with Gasteiger partial charge in [-0.1, -0.05) is 5.16 Å². The fourth-order valence-corrected chi connectivity index (χ4v) is 4.01. The number of carbonyl (C=O) groups is 1. The Morgan fingerprint density at radius 3 is 2.58 bits per heavy atom. The molecule has 0 spiro atoms. The molecule has 0 unspecified atom stereocenters. The number of fused-ring (bicyclic) bond motifs is 1. The molecule has 5 rings (SSSR count). The number of amides is 1. The molecule has 0 atom stereocenters. The van der Waals surface area contributed by atoms with Crippen LogP contribution in [-0.4, -0.2) is 62.8 Å². The van der Waals surface area contributed by atoms with Gasteiger partial charge in [-0.05, 0) is 39.7 Å². The van der Waals surface area contributed by atoms with Crippen molar-refractivity contribution in [1.29, 1.82) is 0 Å². The SMILES string of the molecule is CC(C)(C)OC(=O)N1CCC(c2cc(-c3cc4c(cn3)cnn4C3COC3)no2)CC1. The quantitative estimate of drug-likeness (QED) is 0.630. The van der Waals surface area contributed by atoms with Crippen molar-refractivity contribution in [1.82, 2.24) is 24.8 Å². The molecule has 1 amide bonds. The number of hydrogen-bond donors (Lipinski definition) is 0. The first-order valence-corrected chi connectivity index (χ1v) is 10.7. The van der Waals surface area contributed by atoms with Crippen molar-refractivity contribution < 1.29 is 18.8 Å². The van der Waals surface area contributed by atoms with Gasteiger partial charge in [0.2, 0.25) is 0 Å². The lowest BCUT2D eigenvalue weighted by Gasteiger charge is -2.32. The van der Waals surface area contributed by atoms with Crippen molar-refractivity contribution in [3.8, 4) is 11.4 Å². The fraction of sp³-hybridized carbons (Fsp3) is 0.545. The predicted molar refractivity (Wildman–Crippen MR) is 113 cm³/mol. The molecule has 0 N–H and O–H groups in total. The van der Waals surface area contributed by atoms with Gasteiger partial charge in [-0.15, -0.1) is 0 Å². The molecule has 2 saturated heterocycles. The third kappa shape index (κ3) is 4.01. The first-order valence-electron chi connectivity index (χ1n) is 10.7. The minimum absolute atomic E-state index is 0.223. The smallest absolute Gasteiger partial charge is 0.410 e. The van der Waals surface area contributed by atoms with Gasteiger partial charge < -0.3 is 18.9 Å². The zero-order valence-electron chi connectivity index (χ0n) is 18.1. The Morgan fingerprint density at radius 1 is 1.13 bits per heavy atom. The van der Waals surface area contributed by atoms with Gasteiger partial charge in [-0.25, -0.2) is 4.79 Å². The zero-order valence-corrected chi connectivity index (χ0v) is 18.1. The average molecular weight is 425 g/mol. The first-order chi connectivity index (χ1) is 14.9. The maximum absolute atomic E-state index is 12.3. The van der Waals surface area contributed by atoms with Crippen molar-refractivity contribution in [2.24, 2.45) is 0 Å². The molecule has 0 bridgehead atoms. The Kier molecular flexibility index (Phi) is 4.92. The molecule has 2 fully saturated rings. The standard InChI is InChI=1S/C22H27N5O4/c1-22(2,3)30-21(28)26-6-4-14(5-7-26)20-9-18(25-31-20)17-8-19-15(10-23-17)11-24-27(19)16-12-29-13-16/h8-11,14,16H,4-7,12-13H2,1-3H3. The molecule has 2 aliphatic heterocycles. The molecule has 9 heteroatoms. The van der Waals surface area contributed by atoms with E-state index in [1.165, 1.54) is 0 Å². The summed E-state index contributed by atoms with van der Waals surface area (Å²) < 4.78 is 18.4. The molecule has 0 aliphatic carbocycles. The lowest BCUT2D eigenvalue weighted by Crippen LogP contribution is -2.41. The average Bonchev–Trinajstić information content (AvgIpc) is 3.33. The lowest BCUT2D eigenvalue weighted by molar-refractivity contribution is -0.0266. The van der Waals surface area contributed by atoms with Crippen molar-refractivity contribution in [3.63, 3.8) is 0 Å². The van der Waals surface area contributed by atoms with E-state index in [1.54, 1.807) is 4.90 Å². The third-order valence-electron chi connectivity index (χ3n) is 5.79. The minimum atomic E-state index is -0.483. The molecule has 0 radical (unpaired) electrons. The summed E-state index contributed by atoms with van der Waals surface area (Å²) in [6.07, 6.45) is 5.03. The summed E-state index contributed by atoms with van der Waals surface area (Å²) in [5, 5.41) is 9.75. The normalized spacial score (nSPS) is 18.4. The lowest BCUT2D eigenvalue weighted by atomic mass is 9.94. The van der Waals surface area contributed by atoms with Gasteiger partial charge in [0.1, 0.15) is 17.1 Å². The van der Waals surface area contributed by atoms with Gasteiger partial charge in [-0.2, -0.15) is 5.10 Å². The molecule has 2 aliphatic rings. The highest BCUT2D eigenvalue weighted by Crippen LogP contribution is 2.32. The maximum Gasteiger partial charge on any atom is 0.410 e. The molecule has 3 aromatic heterocycles. The second-order valence-electron chi connectivity index (χ2n) is 9.26. The van der Waals surface area contributed by atoms with E-state index < -0.39 is 5.60 Å². The molecule has 164 valence electrons. The van der Waals surface area contributed by atoms with E-state index in [1.807, 2.05) is 50.0 Å². The fourth-order valence-electron chi connectivity index (χ4n) is 4.01. The molecule has 9 nitrogen and oxygen atoms in total. The Morgan fingerprint density at radius 2 is 1.90 bits per heavy atom. The third-order valence-corrected chi connectivity index (χ3v) is 5.79. The highest BCUT2D eigenvalue weighted by atomic mass is 16.6. The monoisotopic (exact) mass is 425 g/mol. The van der Waals surface area contributed by atoms with E-state index >= 15 is 0 Å². The first kappa shape index (κ1) is 20.0. The second kappa shape index (κ2) is 7.64. The van der Waals surface area contributed by atoms with E-state index in [4.69, 9.17) is 14.0 Å². The van der Waals surface area contributed by atoms with Crippen molar-refractivity contribution in [2.45, 2.75) is 51.2 Å². The van der Waals surface area contributed by atoms with Gasteiger partial charge in [0.15, 0.2) is 0 Å². The summed E-state index contributed by atoms with van der Waals surface area (Å²) in [6.45, 7) is 8.30. The number of pyridine rings is 1. The molecule has 31 heavy (non-hydrogen) atoms. The van der Waals surface area contributed by atoms with Crippen LogP contribution in [0.2, 0.25) is 0 Å². The Balaban J connectivity index is 1.28. The molecular formula is C22H27N5O4.